The van der Waals surface area contributed by atoms with Gasteiger partial charge in [-0.25, -0.2) is 0 Å². The van der Waals surface area contributed by atoms with Crippen molar-refractivity contribution >= 4 is 0 Å². The Morgan fingerprint density at radius 1 is 1.31 bits per heavy atom. The van der Waals surface area contributed by atoms with E-state index in [1.165, 1.54) is 51.9 Å². The van der Waals surface area contributed by atoms with E-state index in [9.17, 15) is 0 Å². The van der Waals surface area contributed by atoms with Crippen LogP contribution in [0.5, 0.6) is 0 Å². The maximum atomic E-state index is 3.57. The summed E-state index contributed by atoms with van der Waals surface area (Å²) in [6, 6.07) is 0.671. The Kier molecular flexibility index (Phi) is 5.40. The van der Waals surface area contributed by atoms with Crippen LogP contribution >= 0.6 is 0 Å². The molecular formula is C11H24N2. The van der Waals surface area contributed by atoms with Gasteiger partial charge in [0.1, 0.15) is 0 Å². The van der Waals surface area contributed by atoms with Crippen LogP contribution < -0.4 is 5.32 Å². The summed E-state index contributed by atoms with van der Waals surface area (Å²) in [5, 5.41) is 3.57. The van der Waals surface area contributed by atoms with Crippen LogP contribution in [-0.2, 0) is 0 Å². The van der Waals surface area contributed by atoms with Gasteiger partial charge in [-0.2, -0.15) is 0 Å². The summed E-state index contributed by atoms with van der Waals surface area (Å²) in [6.45, 7) is 9.61. The second kappa shape index (κ2) is 6.39. The van der Waals surface area contributed by atoms with Crippen molar-refractivity contribution < 1.29 is 0 Å². The third-order valence-electron chi connectivity index (χ3n) is 2.75. The number of hydrogen-bond acceptors (Lipinski definition) is 2. The summed E-state index contributed by atoms with van der Waals surface area (Å²) in [7, 11) is 0. The van der Waals surface area contributed by atoms with E-state index in [0.717, 1.165) is 0 Å². The van der Waals surface area contributed by atoms with Crippen molar-refractivity contribution in [3.8, 4) is 0 Å². The maximum absolute atomic E-state index is 3.57. The molecule has 1 unspecified atom stereocenters. The molecule has 1 atom stereocenters. The van der Waals surface area contributed by atoms with Crippen LogP contribution in [0.4, 0.5) is 0 Å². The molecule has 2 heteroatoms. The lowest BCUT2D eigenvalue weighted by atomic mass is 10.3. The predicted octanol–water partition coefficient (Wildman–Crippen LogP) is 1.86. The molecule has 0 spiro atoms. The van der Waals surface area contributed by atoms with E-state index < -0.39 is 0 Å². The first-order valence-corrected chi connectivity index (χ1v) is 5.78. The van der Waals surface area contributed by atoms with Gasteiger partial charge >= 0.3 is 0 Å². The fourth-order valence-electron chi connectivity index (χ4n) is 1.94. The molecule has 1 fully saturated rings. The molecule has 0 aromatic rings. The first-order chi connectivity index (χ1) is 6.33. The van der Waals surface area contributed by atoms with Crippen LogP contribution in [-0.4, -0.2) is 37.1 Å². The topological polar surface area (TPSA) is 15.3 Å². The van der Waals surface area contributed by atoms with Crippen molar-refractivity contribution in [3.63, 3.8) is 0 Å². The zero-order valence-electron chi connectivity index (χ0n) is 9.18. The highest BCUT2D eigenvalue weighted by Crippen LogP contribution is 2.07. The van der Waals surface area contributed by atoms with Gasteiger partial charge in [0.15, 0.2) is 0 Å². The molecule has 1 aliphatic rings. The Bertz CT molecular complexity index is 119. The molecule has 0 bridgehead atoms. The van der Waals surface area contributed by atoms with E-state index >= 15 is 0 Å². The first kappa shape index (κ1) is 11.0. The van der Waals surface area contributed by atoms with E-state index in [0.29, 0.717) is 6.04 Å². The Morgan fingerprint density at radius 2 is 2.00 bits per heavy atom. The lowest BCUT2D eigenvalue weighted by Gasteiger charge is -2.21. The first-order valence-electron chi connectivity index (χ1n) is 5.78. The summed E-state index contributed by atoms with van der Waals surface area (Å²) in [5.74, 6) is 0. The van der Waals surface area contributed by atoms with E-state index in [-0.39, 0.29) is 0 Å². The lowest BCUT2D eigenvalue weighted by Crippen LogP contribution is -2.38. The summed E-state index contributed by atoms with van der Waals surface area (Å²) in [4.78, 5) is 2.57. The number of rotatable bonds is 6. The van der Waals surface area contributed by atoms with Gasteiger partial charge < -0.3 is 10.2 Å². The normalized spacial score (nSPS) is 20.8. The molecule has 0 aromatic carbocycles. The zero-order valence-corrected chi connectivity index (χ0v) is 9.18. The molecule has 2 nitrogen and oxygen atoms in total. The summed E-state index contributed by atoms with van der Waals surface area (Å²) in [5.41, 5.74) is 0. The average molecular weight is 184 g/mol. The third kappa shape index (κ3) is 4.63. The number of likely N-dealkylation sites (tertiary alicyclic amines) is 1. The monoisotopic (exact) mass is 184 g/mol. The van der Waals surface area contributed by atoms with Crippen molar-refractivity contribution in [3.05, 3.63) is 0 Å². The zero-order chi connectivity index (χ0) is 9.52. The molecule has 78 valence electrons. The van der Waals surface area contributed by atoms with Crippen molar-refractivity contribution in [2.24, 2.45) is 0 Å². The van der Waals surface area contributed by atoms with Gasteiger partial charge in [0.2, 0.25) is 0 Å². The number of nitrogens with zero attached hydrogens (tertiary/aromatic N) is 1. The molecule has 1 aliphatic heterocycles. The summed E-state index contributed by atoms with van der Waals surface area (Å²) < 4.78 is 0. The molecule has 0 amide bonds. The molecule has 1 N–H and O–H groups in total. The highest BCUT2D eigenvalue weighted by Gasteiger charge is 2.13. The van der Waals surface area contributed by atoms with Crippen LogP contribution in [0.15, 0.2) is 0 Å². The van der Waals surface area contributed by atoms with Crippen LogP contribution in [0.3, 0.4) is 0 Å². The quantitative estimate of drug-likeness (QED) is 0.634. The average Bonchev–Trinajstić information content (AvgIpc) is 2.57. The Morgan fingerprint density at radius 3 is 2.62 bits per heavy atom. The predicted molar refractivity (Wildman–Crippen MR) is 58.0 cm³/mol. The maximum Gasteiger partial charge on any atom is 0.0166 e. The minimum Gasteiger partial charge on any atom is -0.313 e. The Balaban J connectivity index is 1.99. The highest BCUT2D eigenvalue weighted by molar-refractivity contribution is 4.71. The van der Waals surface area contributed by atoms with Crippen LogP contribution in [0, 0.1) is 0 Å². The van der Waals surface area contributed by atoms with E-state index in [4.69, 9.17) is 0 Å². The van der Waals surface area contributed by atoms with Gasteiger partial charge in [-0.05, 0) is 45.8 Å². The molecule has 1 rings (SSSR count). The van der Waals surface area contributed by atoms with Crippen molar-refractivity contribution in [1.29, 1.82) is 0 Å². The number of hydrogen-bond donors (Lipinski definition) is 1. The summed E-state index contributed by atoms with van der Waals surface area (Å²) >= 11 is 0. The second-order valence-corrected chi connectivity index (χ2v) is 4.22. The Hall–Kier alpha value is -0.0800. The van der Waals surface area contributed by atoms with Crippen molar-refractivity contribution in [1.82, 2.24) is 10.2 Å². The molecule has 0 aliphatic carbocycles. The number of unbranched alkanes of at least 4 members (excludes halogenated alkanes) is 1. The van der Waals surface area contributed by atoms with Crippen LogP contribution in [0.2, 0.25) is 0 Å². The fourth-order valence-corrected chi connectivity index (χ4v) is 1.94. The molecule has 1 heterocycles. The fraction of sp³-hybridized carbons (Fsp3) is 1.00. The lowest BCUT2D eigenvalue weighted by molar-refractivity contribution is 0.298. The van der Waals surface area contributed by atoms with Gasteiger partial charge in [0.25, 0.3) is 0 Å². The smallest absolute Gasteiger partial charge is 0.0166 e. The minimum absolute atomic E-state index is 0.671. The van der Waals surface area contributed by atoms with Crippen molar-refractivity contribution in [2.75, 3.05) is 26.2 Å². The summed E-state index contributed by atoms with van der Waals surface area (Å²) in [6.07, 6.45) is 5.41. The molecule has 13 heavy (non-hydrogen) atoms. The molecule has 0 radical (unpaired) electrons. The highest BCUT2D eigenvalue weighted by atomic mass is 15.2. The molecular weight excluding hydrogens is 160 g/mol. The third-order valence-corrected chi connectivity index (χ3v) is 2.75. The number of nitrogens with one attached hydrogen (secondary N) is 1. The van der Waals surface area contributed by atoms with E-state index in [1.54, 1.807) is 0 Å². The van der Waals surface area contributed by atoms with E-state index in [1.807, 2.05) is 0 Å². The van der Waals surface area contributed by atoms with E-state index in [2.05, 4.69) is 24.1 Å². The Labute approximate surface area is 82.7 Å². The van der Waals surface area contributed by atoms with Gasteiger partial charge in [0, 0.05) is 12.6 Å². The van der Waals surface area contributed by atoms with Gasteiger partial charge in [-0.1, -0.05) is 13.3 Å². The van der Waals surface area contributed by atoms with Gasteiger partial charge in [0.05, 0.1) is 0 Å². The van der Waals surface area contributed by atoms with Crippen molar-refractivity contribution in [2.45, 2.75) is 45.6 Å². The molecule has 0 aromatic heterocycles. The van der Waals surface area contributed by atoms with Crippen LogP contribution in [0.1, 0.15) is 39.5 Å². The molecule has 1 saturated heterocycles. The van der Waals surface area contributed by atoms with Gasteiger partial charge in [-0.3, -0.25) is 0 Å². The van der Waals surface area contributed by atoms with Crippen LogP contribution in [0.25, 0.3) is 0 Å². The second-order valence-electron chi connectivity index (χ2n) is 4.22. The van der Waals surface area contributed by atoms with Gasteiger partial charge in [-0.15, -0.1) is 0 Å². The largest absolute Gasteiger partial charge is 0.313 e. The standard InChI is InChI=1S/C11H24N2/c1-3-4-7-12-11(2)10-13-8-5-6-9-13/h11-12H,3-10H2,1-2H3. The minimum atomic E-state index is 0.671. The molecule has 0 saturated carbocycles. The SMILES string of the molecule is CCCCNC(C)CN1CCCC1.